The molecule has 0 bridgehead atoms. The summed E-state index contributed by atoms with van der Waals surface area (Å²) in [4.78, 5) is 25.6. The molecule has 0 saturated carbocycles. The molecule has 134 valence electrons. The molecule has 0 spiro atoms. The summed E-state index contributed by atoms with van der Waals surface area (Å²) in [6.07, 6.45) is 3.84. The van der Waals surface area contributed by atoms with Crippen molar-refractivity contribution in [3.8, 4) is 11.4 Å². The fourth-order valence-electron chi connectivity index (χ4n) is 2.93. The average Bonchev–Trinajstić information content (AvgIpc) is 2.99. The van der Waals surface area contributed by atoms with Crippen molar-refractivity contribution in [3.63, 3.8) is 0 Å². The van der Waals surface area contributed by atoms with Gasteiger partial charge in [0.05, 0.1) is 23.5 Å². The number of carbonyl (C=O) groups excluding carboxylic acids is 1. The van der Waals surface area contributed by atoms with Crippen molar-refractivity contribution in [3.05, 3.63) is 76.7 Å². The number of carbonyl (C=O) groups is 1. The van der Waals surface area contributed by atoms with Gasteiger partial charge in [-0.2, -0.15) is 0 Å². The number of anilines is 1. The number of pyridine rings is 1. The summed E-state index contributed by atoms with van der Waals surface area (Å²) in [7, 11) is 0. The fourth-order valence-corrected chi connectivity index (χ4v) is 3.19. The van der Waals surface area contributed by atoms with Crippen LogP contribution < -0.4 is 5.32 Å². The topological polar surface area (TPSA) is 72.2 Å². The van der Waals surface area contributed by atoms with Gasteiger partial charge in [-0.05, 0) is 42.8 Å². The maximum atomic E-state index is 12.3. The van der Waals surface area contributed by atoms with Crippen molar-refractivity contribution in [2.45, 2.75) is 13.3 Å². The molecule has 3 heterocycles. The van der Waals surface area contributed by atoms with E-state index in [0.29, 0.717) is 5.69 Å². The maximum Gasteiger partial charge on any atom is 0.231 e. The van der Waals surface area contributed by atoms with Crippen LogP contribution in [-0.4, -0.2) is 25.3 Å². The van der Waals surface area contributed by atoms with Gasteiger partial charge in [0.25, 0.3) is 0 Å². The quantitative estimate of drug-likeness (QED) is 0.539. The van der Waals surface area contributed by atoms with Crippen LogP contribution in [0.1, 0.15) is 11.3 Å². The third-order valence-electron chi connectivity index (χ3n) is 4.13. The van der Waals surface area contributed by atoms with Crippen LogP contribution in [0.15, 0.2) is 65.4 Å². The molecule has 6 nitrogen and oxygen atoms in total. The molecule has 0 aliphatic rings. The molecule has 7 heteroatoms. The number of rotatable bonds is 4. The van der Waals surface area contributed by atoms with Gasteiger partial charge in [-0.15, -0.1) is 0 Å². The first-order valence-electron chi connectivity index (χ1n) is 8.41. The van der Waals surface area contributed by atoms with Gasteiger partial charge >= 0.3 is 0 Å². The molecule has 0 fully saturated rings. The Balaban J connectivity index is 1.58. The van der Waals surface area contributed by atoms with Crippen LogP contribution in [0.2, 0.25) is 0 Å². The Hall–Kier alpha value is -3.06. The molecule has 0 unspecified atom stereocenters. The second-order valence-corrected chi connectivity index (χ2v) is 7.01. The van der Waals surface area contributed by atoms with Crippen LogP contribution in [0.25, 0.3) is 17.0 Å². The first kappa shape index (κ1) is 17.4. The van der Waals surface area contributed by atoms with Gasteiger partial charge in [-0.1, -0.05) is 34.1 Å². The third-order valence-corrected chi connectivity index (χ3v) is 4.66. The van der Waals surface area contributed by atoms with Crippen LogP contribution in [0, 0.1) is 6.92 Å². The summed E-state index contributed by atoms with van der Waals surface area (Å²) in [6, 6.07) is 15.3. The largest absolute Gasteiger partial charge is 0.298 e. The summed E-state index contributed by atoms with van der Waals surface area (Å²) in [5, 5.41) is 2.77. The van der Waals surface area contributed by atoms with Gasteiger partial charge < -0.3 is 0 Å². The Morgan fingerprint density at radius 3 is 2.74 bits per heavy atom. The van der Waals surface area contributed by atoms with E-state index in [1.54, 1.807) is 6.20 Å². The highest BCUT2D eigenvalue weighted by Gasteiger charge is 2.13. The smallest absolute Gasteiger partial charge is 0.231 e. The van der Waals surface area contributed by atoms with Crippen LogP contribution in [0.5, 0.6) is 0 Å². The molecule has 0 aliphatic heterocycles. The number of hydrogen-bond acceptors (Lipinski definition) is 4. The van der Waals surface area contributed by atoms with Crippen molar-refractivity contribution in [2.75, 3.05) is 5.32 Å². The maximum absolute atomic E-state index is 12.3. The van der Waals surface area contributed by atoms with Crippen molar-refractivity contribution >= 4 is 33.4 Å². The van der Waals surface area contributed by atoms with Gasteiger partial charge in [0.1, 0.15) is 5.65 Å². The minimum Gasteiger partial charge on any atom is -0.298 e. The second-order valence-electron chi connectivity index (χ2n) is 6.09. The number of nitrogens with one attached hydrogen (secondary N) is 1. The monoisotopic (exact) mass is 421 g/mol. The van der Waals surface area contributed by atoms with Crippen molar-refractivity contribution in [2.24, 2.45) is 0 Å². The SMILES string of the molecule is Cc1nc2ccccn2c1-c1ccnc(NC(=O)Cc2ccc(Br)cc2)n1. The van der Waals surface area contributed by atoms with Crippen LogP contribution in [0.3, 0.4) is 0 Å². The van der Waals surface area contributed by atoms with Crippen LogP contribution >= 0.6 is 15.9 Å². The number of benzene rings is 1. The van der Waals surface area contributed by atoms with E-state index in [0.717, 1.165) is 27.1 Å². The number of fused-ring (bicyclic) bond motifs is 1. The highest BCUT2D eigenvalue weighted by atomic mass is 79.9. The van der Waals surface area contributed by atoms with E-state index in [9.17, 15) is 4.79 Å². The zero-order valence-corrected chi connectivity index (χ0v) is 16.1. The molecule has 0 saturated heterocycles. The van der Waals surface area contributed by atoms with E-state index in [1.165, 1.54) is 0 Å². The number of nitrogens with zero attached hydrogens (tertiary/aromatic N) is 4. The van der Waals surface area contributed by atoms with Gasteiger partial charge in [0, 0.05) is 16.9 Å². The van der Waals surface area contributed by atoms with Crippen molar-refractivity contribution in [1.82, 2.24) is 19.4 Å². The van der Waals surface area contributed by atoms with E-state index in [1.807, 2.05) is 66.1 Å². The van der Waals surface area contributed by atoms with Crippen LogP contribution in [-0.2, 0) is 11.2 Å². The first-order chi connectivity index (χ1) is 13.1. The Bertz CT molecular complexity index is 1120. The lowest BCUT2D eigenvalue weighted by atomic mass is 10.1. The highest BCUT2D eigenvalue weighted by molar-refractivity contribution is 9.10. The molecule has 1 N–H and O–H groups in total. The molecule has 4 rings (SSSR count). The van der Waals surface area contributed by atoms with Gasteiger partial charge in [0.15, 0.2) is 0 Å². The highest BCUT2D eigenvalue weighted by Crippen LogP contribution is 2.23. The Morgan fingerprint density at radius 1 is 1.11 bits per heavy atom. The van der Waals surface area contributed by atoms with Crippen molar-refractivity contribution in [1.29, 1.82) is 0 Å². The minimum absolute atomic E-state index is 0.163. The van der Waals surface area contributed by atoms with E-state index < -0.39 is 0 Å². The third kappa shape index (κ3) is 3.73. The zero-order valence-electron chi connectivity index (χ0n) is 14.6. The molecule has 4 aromatic rings. The Kier molecular flexibility index (Phi) is 4.68. The molecule has 0 radical (unpaired) electrons. The summed E-state index contributed by atoms with van der Waals surface area (Å²) >= 11 is 3.39. The molecule has 1 aromatic carbocycles. The molecule has 27 heavy (non-hydrogen) atoms. The number of imidazole rings is 1. The van der Waals surface area contributed by atoms with E-state index in [2.05, 4.69) is 36.2 Å². The predicted molar refractivity (Wildman–Crippen MR) is 107 cm³/mol. The molecular formula is C20H16BrN5O. The standard InChI is InChI=1S/C20H16BrN5O/c1-13-19(26-11-3-2-4-17(26)23-13)16-9-10-22-20(24-16)25-18(27)12-14-5-7-15(21)8-6-14/h2-11H,12H2,1H3,(H,22,24,25,27). The first-order valence-corrected chi connectivity index (χ1v) is 9.21. The number of hydrogen-bond donors (Lipinski definition) is 1. The van der Waals surface area contributed by atoms with Gasteiger partial charge in [0.2, 0.25) is 11.9 Å². The molecule has 0 aliphatic carbocycles. The number of aryl methyl sites for hydroxylation is 1. The number of aromatic nitrogens is 4. The number of halogens is 1. The lowest BCUT2D eigenvalue weighted by Crippen LogP contribution is -2.16. The lowest BCUT2D eigenvalue weighted by molar-refractivity contribution is -0.115. The van der Waals surface area contributed by atoms with Gasteiger partial charge in [-0.3, -0.25) is 14.5 Å². The Morgan fingerprint density at radius 2 is 1.93 bits per heavy atom. The summed E-state index contributed by atoms with van der Waals surface area (Å²) in [5.74, 6) is 0.115. The Labute approximate surface area is 164 Å². The normalized spacial score (nSPS) is 10.9. The van der Waals surface area contributed by atoms with Crippen molar-refractivity contribution < 1.29 is 4.79 Å². The summed E-state index contributed by atoms with van der Waals surface area (Å²) in [5.41, 5.74) is 4.23. The molecule has 0 atom stereocenters. The fraction of sp³-hybridized carbons (Fsp3) is 0.100. The molecule has 3 aromatic heterocycles. The van der Waals surface area contributed by atoms with Crippen LogP contribution in [0.4, 0.5) is 5.95 Å². The van der Waals surface area contributed by atoms with Gasteiger partial charge in [-0.25, -0.2) is 15.0 Å². The molecule has 1 amide bonds. The average molecular weight is 422 g/mol. The van der Waals surface area contributed by atoms with E-state index >= 15 is 0 Å². The van der Waals surface area contributed by atoms with E-state index in [4.69, 9.17) is 0 Å². The zero-order chi connectivity index (χ0) is 18.8. The second kappa shape index (κ2) is 7.28. The summed E-state index contributed by atoms with van der Waals surface area (Å²) < 4.78 is 2.96. The molecular weight excluding hydrogens is 406 g/mol. The van der Waals surface area contributed by atoms with E-state index in [-0.39, 0.29) is 18.3 Å². The lowest BCUT2D eigenvalue weighted by Gasteiger charge is -2.07. The summed E-state index contributed by atoms with van der Waals surface area (Å²) in [6.45, 7) is 1.94. The predicted octanol–water partition coefficient (Wildman–Crippen LogP) is 4.04. The minimum atomic E-state index is -0.163. The number of amides is 1.